The fraction of sp³-hybridized carbons (Fsp3) is 0.538. The second kappa shape index (κ2) is 9.91. The molecule has 1 N–H and O–H groups in total. The predicted molar refractivity (Wildman–Crippen MR) is 130 cm³/mol. The van der Waals surface area contributed by atoms with Crippen LogP contribution >= 0.6 is 0 Å². The molecule has 190 valence electrons. The minimum Gasteiger partial charge on any atom is -0.463 e. The number of anilines is 1. The maximum absolute atomic E-state index is 12.7. The van der Waals surface area contributed by atoms with Gasteiger partial charge in [-0.05, 0) is 44.4 Å². The van der Waals surface area contributed by atoms with Crippen LogP contribution < -0.4 is 10.2 Å². The molecule has 2 fully saturated rings. The second-order valence-electron chi connectivity index (χ2n) is 10.1. The van der Waals surface area contributed by atoms with Gasteiger partial charge in [-0.15, -0.1) is 0 Å². The molecule has 3 aliphatic rings. The monoisotopic (exact) mass is 493 g/mol. The number of carbonyl (C=O) groups is 2. The predicted octanol–water partition coefficient (Wildman–Crippen LogP) is 2.01. The van der Waals surface area contributed by atoms with Gasteiger partial charge < -0.3 is 29.0 Å². The molecule has 5 heterocycles. The van der Waals surface area contributed by atoms with Crippen LogP contribution in [0.1, 0.15) is 43.4 Å². The first-order chi connectivity index (χ1) is 17.4. The number of piperazine rings is 1. The lowest BCUT2D eigenvalue weighted by atomic mass is 9.87. The van der Waals surface area contributed by atoms with Gasteiger partial charge in [-0.25, -0.2) is 4.98 Å². The van der Waals surface area contributed by atoms with Gasteiger partial charge in [-0.2, -0.15) is 5.26 Å². The molecule has 1 unspecified atom stereocenters. The van der Waals surface area contributed by atoms with Crippen LogP contribution in [-0.2, 0) is 32.1 Å². The third-order valence-electron chi connectivity index (χ3n) is 7.04. The van der Waals surface area contributed by atoms with E-state index in [1.54, 1.807) is 11.2 Å². The molecule has 3 aliphatic heterocycles. The van der Waals surface area contributed by atoms with Crippen LogP contribution in [0.15, 0.2) is 22.8 Å². The molecule has 0 bridgehead atoms. The van der Waals surface area contributed by atoms with E-state index in [0.717, 1.165) is 24.0 Å². The van der Waals surface area contributed by atoms with Gasteiger partial charge in [-0.3, -0.25) is 9.59 Å². The molecule has 10 heteroatoms. The number of aromatic nitrogens is 1. The van der Waals surface area contributed by atoms with Crippen LogP contribution in [0.3, 0.4) is 0 Å². The number of nitriles is 1. The number of amides is 2. The minimum atomic E-state index is -0.606. The van der Waals surface area contributed by atoms with Gasteiger partial charge in [0.2, 0.25) is 0 Å². The van der Waals surface area contributed by atoms with E-state index < -0.39 is 17.4 Å². The first kappa shape index (κ1) is 24.3. The van der Waals surface area contributed by atoms with Gasteiger partial charge in [0.25, 0.3) is 0 Å². The van der Waals surface area contributed by atoms with Crippen LogP contribution in [0.5, 0.6) is 0 Å². The van der Waals surface area contributed by atoms with Crippen molar-refractivity contribution in [1.82, 2.24) is 15.2 Å². The van der Waals surface area contributed by atoms with E-state index in [9.17, 15) is 14.9 Å². The van der Waals surface area contributed by atoms with Crippen LogP contribution in [0.2, 0.25) is 0 Å². The number of fused-ring (bicyclic) bond motifs is 1. The molecule has 1 atom stereocenters. The van der Waals surface area contributed by atoms with Gasteiger partial charge >= 0.3 is 11.8 Å². The normalized spacial score (nSPS) is 21.1. The van der Waals surface area contributed by atoms with Gasteiger partial charge in [-0.1, -0.05) is 0 Å². The Morgan fingerprint density at radius 3 is 2.72 bits per heavy atom. The van der Waals surface area contributed by atoms with E-state index in [-0.39, 0.29) is 6.10 Å². The summed E-state index contributed by atoms with van der Waals surface area (Å²) >= 11 is 0. The number of nitrogens with zero attached hydrogens (tertiary/aromatic N) is 4. The Hall–Kier alpha value is -3.42. The summed E-state index contributed by atoms with van der Waals surface area (Å²) in [4.78, 5) is 33.6. The molecule has 10 nitrogen and oxygen atoms in total. The van der Waals surface area contributed by atoms with Crippen LogP contribution in [-0.4, -0.2) is 72.7 Å². The fourth-order valence-electron chi connectivity index (χ4n) is 5.07. The number of nitrogens with one attached hydrogen (secondary N) is 1. The lowest BCUT2D eigenvalue weighted by molar-refractivity contribution is -0.146. The molecule has 36 heavy (non-hydrogen) atoms. The van der Waals surface area contributed by atoms with Crippen LogP contribution in [0, 0.1) is 11.3 Å². The Morgan fingerprint density at radius 2 is 2.06 bits per heavy atom. The fourth-order valence-corrected chi connectivity index (χ4v) is 5.07. The van der Waals surface area contributed by atoms with Crippen molar-refractivity contribution in [3.63, 3.8) is 0 Å². The van der Waals surface area contributed by atoms with Crippen LogP contribution in [0.25, 0.3) is 11.5 Å². The molecule has 0 aromatic carbocycles. The highest BCUT2D eigenvalue weighted by molar-refractivity contribution is 6.35. The summed E-state index contributed by atoms with van der Waals surface area (Å²) in [6.07, 6.45) is 4.04. The summed E-state index contributed by atoms with van der Waals surface area (Å²) in [5, 5.41) is 12.9. The van der Waals surface area contributed by atoms with Crippen molar-refractivity contribution in [3.05, 3.63) is 35.1 Å². The van der Waals surface area contributed by atoms with Crippen molar-refractivity contribution in [2.75, 3.05) is 44.2 Å². The smallest absolute Gasteiger partial charge is 0.312 e. The maximum Gasteiger partial charge on any atom is 0.312 e. The van der Waals surface area contributed by atoms with Crippen molar-refractivity contribution >= 4 is 17.6 Å². The summed E-state index contributed by atoms with van der Waals surface area (Å²) in [5.41, 5.74) is 2.61. The molecule has 5 rings (SSSR count). The number of pyridine rings is 1. The molecule has 0 spiro atoms. The number of rotatable bonds is 4. The molecule has 0 saturated carbocycles. The topological polar surface area (TPSA) is 121 Å². The molecule has 0 radical (unpaired) electrons. The number of hydrogen-bond donors (Lipinski definition) is 1. The van der Waals surface area contributed by atoms with Gasteiger partial charge in [0.1, 0.15) is 17.6 Å². The Morgan fingerprint density at radius 1 is 1.25 bits per heavy atom. The third-order valence-corrected chi connectivity index (χ3v) is 7.04. The van der Waals surface area contributed by atoms with E-state index in [0.29, 0.717) is 75.2 Å². The van der Waals surface area contributed by atoms with Gasteiger partial charge in [0, 0.05) is 51.3 Å². The highest BCUT2D eigenvalue weighted by Crippen LogP contribution is 2.39. The van der Waals surface area contributed by atoms with Crippen molar-refractivity contribution < 1.29 is 23.5 Å². The summed E-state index contributed by atoms with van der Waals surface area (Å²) in [6.45, 7) is 7.07. The highest BCUT2D eigenvalue weighted by atomic mass is 16.5. The molecule has 2 aromatic rings. The molecule has 2 saturated heterocycles. The molecular weight excluding hydrogens is 462 g/mol. The Bertz CT molecular complexity index is 1170. The summed E-state index contributed by atoms with van der Waals surface area (Å²) < 4.78 is 17.2. The third kappa shape index (κ3) is 4.81. The van der Waals surface area contributed by atoms with E-state index in [4.69, 9.17) is 18.9 Å². The minimum absolute atomic E-state index is 0.0168. The molecule has 2 amide bonds. The summed E-state index contributed by atoms with van der Waals surface area (Å²) in [7, 11) is 0. The second-order valence-corrected chi connectivity index (χ2v) is 10.1. The SMILES string of the molecule is CC1(C)Cc2c(C#N)c(N3CCN(C(=O)C(=O)NCC4CCCO4)CC3)nc(-c3ccco3)c2CO1. The molecule has 0 aliphatic carbocycles. The Labute approximate surface area is 210 Å². The maximum atomic E-state index is 12.7. The Balaban J connectivity index is 1.34. The lowest BCUT2D eigenvalue weighted by Gasteiger charge is -2.38. The Kier molecular flexibility index (Phi) is 6.69. The first-order valence-electron chi connectivity index (χ1n) is 12.4. The van der Waals surface area contributed by atoms with Crippen molar-refractivity contribution in [2.24, 2.45) is 0 Å². The number of carbonyl (C=O) groups excluding carboxylic acids is 2. The number of ether oxygens (including phenoxy) is 2. The lowest BCUT2D eigenvalue weighted by Crippen LogP contribution is -2.53. The van der Waals surface area contributed by atoms with Crippen molar-refractivity contribution in [1.29, 1.82) is 5.26 Å². The average Bonchev–Trinajstić information content (AvgIpc) is 3.60. The molecular formula is C26H31N5O5. The number of furan rings is 1. The average molecular weight is 494 g/mol. The van der Waals surface area contributed by atoms with E-state index in [1.807, 2.05) is 30.9 Å². The van der Waals surface area contributed by atoms with Gasteiger partial charge in [0.15, 0.2) is 5.76 Å². The largest absolute Gasteiger partial charge is 0.463 e. The quantitative estimate of drug-likeness (QED) is 0.642. The van der Waals surface area contributed by atoms with E-state index in [1.165, 1.54) is 0 Å². The van der Waals surface area contributed by atoms with Gasteiger partial charge in [0.05, 0.1) is 30.1 Å². The zero-order valence-corrected chi connectivity index (χ0v) is 20.7. The summed E-state index contributed by atoms with van der Waals surface area (Å²) in [6, 6.07) is 6.04. The van der Waals surface area contributed by atoms with Crippen molar-refractivity contribution in [2.45, 2.75) is 51.4 Å². The number of hydrogen-bond acceptors (Lipinski definition) is 8. The molecule has 2 aromatic heterocycles. The summed E-state index contributed by atoms with van der Waals surface area (Å²) in [5.74, 6) is 0.0555. The highest BCUT2D eigenvalue weighted by Gasteiger charge is 2.35. The first-order valence-corrected chi connectivity index (χ1v) is 12.4. The standard InChI is InChI=1S/C26H31N5O5/c1-26(2)13-18-19(14-27)23(29-22(20(18)16-36-26)21-6-4-12-35-21)30-7-9-31(10-8-30)25(33)24(32)28-15-17-5-3-11-34-17/h4,6,12,17H,3,5,7-11,13,15-16H2,1-2H3,(H,28,32). The van der Waals surface area contributed by atoms with Crippen molar-refractivity contribution in [3.8, 4) is 17.5 Å². The zero-order chi connectivity index (χ0) is 25.3. The van der Waals surface area contributed by atoms with E-state index in [2.05, 4.69) is 11.4 Å². The van der Waals surface area contributed by atoms with Crippen LogP contribution in [0.4, 0.5) is 5.82 Å². The zero-order valence-electron chi connectivity index (χ0n) is 20.7. The van der Waals surface area contributed by atoms with E-state index >= 15 is 0 Å².